The molecule has 21 heavy (non-hydrogen) atoms. The quantitative estimate of drug-likeness (QED) is 0.797. The number of nitrogens with one attached hydrogen (secondary N) is 1. The maximum atomic E-state index is 12.1. The summed E-state index contributed by atoms with van der Waals surface area (Å²) in [5.41, 5.74) is 1.09. The number of carbonyl (C=O) groups excluding carboxylic acids is 1. The highest BCUT2D eigenvalue weighted by Crippen LogP contribution is 2.32. The Hall–Kier alpha value is -1.75. The molecule has 1 aliphatic rings. The van der Waals surface area contributed by atoms with Crippen LogP contribution in [0.15, 0.2) is 18.2 Å². The summed E-state index contributed by atoms with van der Waals surface area (Å²) in [5, 5.41) is 3.20. The van der Waals surface area contributed by atoms with Crippen molar-refractivity contribution in [2.24, 2.45) is 0 Å². The molecule has 0 bridgehead atoms. The lowest BCUT2D eigenvalue weighted by Crippen LogP contribution is -2.38. The zero-order chi connectivity index (χ0) is 15.1. The fraction of sp³-hybridized carbons (Fsp3) is 0.562. The summed E-state index contributed by atoms with van der Waals surface area (Å²) in [6.45, 7) is 7.15. The van der Waals surface area contributed by atoms with Crippen molar-refractivity contribution in [2.75, 3.05) is 26.4 Å². The Morgan fingerprint density at radius 2 is 1.90 bits per heavy atom. The standard InChI is InChI=1S/C16H24N2O3/c1-3-7-18(8-4-2)16(19)11-17-10-13-5-6-14-15(9-13)21-12-20-14/h5-6,9,17H,3-4,7-8,10-12H2,1-2H3. The number of hydrogen-bond acceptors (Lipinski definition) is 4. The van der Waals surface area contributed by atoms with Crippen LogP contribution in [0.2, 0.25) is 0 Å². The third-order valence-electron chi connectivity index (χ3n) is 3.38. The monoisotopic (exact) mass is 292 g/mol. The Balaban J connectivity index is 1.79. The van der Waals surface area contributed by atoms with Gasteiger partial charge in [-0.15, -0.1) is 0 Å². The third kappa shape index (κ3) is 4.36. The van der Waals surface area contributed by atoms with Gasteiger partial charge in [-0.3, -0.25) is 4.79 Å². The van der Waals surface area contributed by atoms with E-state index in [9.17, 15) is 4.79 Å². The molecule has 0 aliphatic carbocycles. The Bertz CT molecular complexity index is 471. The largest absolute Gasteiger partial charge is 0.454 e. The van der Waals surface area contributed by atoms with E-state index < -0.39 is 0 Å². The van der Waals surface area contributed by atoms with Gasteiger partial charge in [0.1, 0.15) is 0 Å². The minimum Gasteiger partial charge on any atom is -0.454 e. The Labute approximate surface area is 126 Å². The number of ether oxygens (including phenoxy) is 2. The van der Waals surface area contributed by atoms with Gasteiger partial charge in [-0.2, -0.15) is 0 Å². The molecule has 1 aliphatic heterocycles. The lowest BCUT2D eigenvalue weighted by atomic mass is 10.2. The van der Waals surface area contributed by atoms with E-state index in [-0.39, 0.29) is 12.7 Å². The first-order chi connectivity index (χ1) is 10.2. The van der Waals surface area contributed by atoms with Crippen LogP contribution in [0.1, 0.15) is 32.3 Å². The number of fused-ring (bicyclic) bond motifs is 1. The van der Waals surface area contributed by atoms with Gasteiger partial charge in [0.05, 0.1) is 6.54 Å². The smallest absolute Gasteiger partial charge is 0.236 e. The molecule has 2 rings (SSSR count). The van der Waals surface area contributed by atoms with Crippen LogP contribution < -0.4 is 14.8 Å². The van der Waals surface area contributed by atoms with E-state index in [1.54, 1.807) is 0 Å². The highest BCUT2D eigenvalue weighted by molar-refractivity contribution is 5.78. The number of rotatable bonds is 8. The Morgan fingerprint density at radius 3 is 2.62 bits per heavy atom. The summed E-state index contributed by atoms with van der Waals surface area (Å²) in [6, 6.07) is 5.85. The normalized spacial score (nSPS) is 12.5. The first-order valence-electron chi connectivity index (χ1n) is 7.61. The van der Waals surface area contributed by atoms with Crippen LogP contribution in [0, 0.1) is 0 Å². The Kier molecular flexibility index (Phi) is 5.87. The number of hydrogen-bond donors (Lipinski definition) is 1. The number of benzene rings is 1. The average Bonchev–Trinajstić information content (AvgIpc) is 2.94. The molecule has 1 amide bonds. The van der Waals surface area contributed by atoms with Crippen molar-refractivity contribution < 1.29 is 14.3 Å². The van der Waals surface area contributed by atoms with Crippen molar-refractivity contribution in [3.8, 4) is 11.5 Å². The fourth-order valence-corrected chi connectivity index (χ4v) is 2.38. The minimum atomic E-state index is 0.166. The Morgan fingerprint density at radius 1 is 1.19 bits per heavy atom. The second-order valence-corrected chi connectivity index (χ2v) is 5.17. The SMILES string of the molecule is CCCN(CCC)C(=O)CNCc1ccc2c(c1)OCO2. The van der Waals surface area contributed by atoms with Crippen LogP contribution in [0.5, 0.6) is 11.5 Å². The van der Waals surface area contributed by atoms with Gasteiger partial charge in [0.2, 0.25) is 12.7 Å². The lowest BCUT2D eigenvalue weighted by molar-refractivity contribution is -0.130. The first kappa shape index (κ1) is 15.6. The topological polar surface area (TPSA) is 50.8 Å². The van der Waals surface area contributed by atoms with Crippen molar-refractivity contribution >= 4 is 5.91 Å². The summed E-state index contributed by atoms with van der Waals surface area (Å²) in [6.07, 6.45) is 1.99. The molecule has 0 fully saturated rings. The molecular formula is C16H24N2O3. The molecule has 0 atom stereocenters. The maximum absolute atomic E-state index is 12.1. The van der Waals surface area contributed by atoms with E-state index in [0.29, 0.717) is 13.1 Å². The van der Waals surface area contributed by atoms with E-state index >= 15 is 0 Å². The summed E-state index contributed by atoms with van der Waals surface area (Å²) in [4.78, 5) is 14.0. The highest BCUT2D eigenvalue weighted by atomic mass is 16.7. The van der Waals surface area contributed by atoms with Crippen LogP contribution in [0.4, 0.5) is 0 Å². The molecule has 1 heterocycles. The zero-order valence-corrected chi connectivity index (χ0v) is 12.9. The van der Waals surface area contributed by atoms with Gasteiger partial charge in [0.15, 0.2) is 11.5 Å². The second kappa shape index (κ2) is 7.88. The number of nitrogens with zero attached hydrogens (tertiary/aromatic N) is 1. The van der Waals surface area contributed by atoms with Crippen molar-refractivity contribution in [2.45, 2.75) is 33.2 Å². The molecule has 0 saturated heterocycles. The molecule has 0 spiro atoms. The van der Waals surface area contributed by atoms with E-state index in [4.69, 9.17) is 9.47 Å². The van der Waals surface area contributed by atoms with Gasteiger partial charge in [-0.05, 0) is 30.5 Å². The van der Waals surface area contributed by atoms with E-state index in [0.717, 1.165) is 43.0 Å². The molecule has 5 heteroatoms. The van der Waals surface area contributed by atoms with Crippen LogP contribution in [0.3, 0.4) is 0 Å². The number of carbonyl (C=O) groups is 1. The van der Waals surface area contributed by atoms with Gasteiger partial charge in [0.25, 0.3) is 0 Å². The van der Waals surface area contributed by atoms with Gasteiger partial charge in [-0.25, -0.2) is 0 Å². The van der Waals surface area contributed by atoms with E-state index in [1.807, 2.05) is 23.1 Å². The van der Waals surface area contributed by atoms with Crippen LogP contribution >= 0.6 is 0 Å². The average molecular weight is 292 g/mol. The molecule has 0 aromatic heterocycles. The van der Waals surface area contributed by atoms with Gasteiger partial charge >= 0.3 is 0 Å². The third-order valence-corrected chi connectivity index (χ3v) is 3.38. The van der Waals surface area contributed by atoms with Crippen LogP contribution in [-0.4, -0.2) is 37.2 Å². The van der Waals surface area contributed by atoms with Crippen molar-refractivity contribution in [1.29, 1.82) is 0 Å². The molecule has 1 aromatic rings. The zero-order valence-electron chi connectivity index (χ0n) is 12.9. The predicted molar refractivity (Wildman–Crippen MR) is 81.4 cm³/mol. The molecule has 0 saturated carbocycles. The molecule has 5 nitrogen and oxygen atoms in total. The van der Waals surface area contributed by atoms with Crippen molar-refractivity contribution in [3.63, 3.8) is 0 Å². The van der Waals surface area contributed by atoms with Crippen LogP contribution in [-0.2, 0) is 11.3 Å². The lowest BCUT2D eigenvalue weighted by Gasteiger charge is -2.21. The van der Waals surface area contributed by atoms with Crippen molar-refractivity contribution in [1.82, 2.24) is 10.2 Å². The first-order valence-corrected chi connectivity index (χ1v) is 7.61. The molecular weight excluding hydrogens is 268 g/mol. The summed E-state index contributed by atoms with van der Waals surface area (Å²) >= 11 is 0. The molecule has 0 unspecified atom stereocenters. The van der Waals surface area contributed by atoms with E-state index in [1.165, 1.54) is 0 Å². The van der Waals surface area contributed by atoms with Gasteiger partial charge < -0.3 is 19.7 Å². The predicted octanol–water partition coefficient (Wildman–Crippen LogP) is 2.15. The molecule has 1 N–H and O–H groups in total. The van der Waals surface area contributed by atoms with Gasteiger partial charge in [0, 0.05) is 19.6 Å². The number of amides is 1. The van der Waals surface area contributed by atoms with Gasteiger partial charge in [-0.1, -0.05) is 19.9 Å². The van der Waals surface area contributed by atoms with Crippen molar-refractivity contribution in [3.05, 3.63) is 23.8 Å². The fourth-order valence-electron chi connectivity index (χ4n) is 2.38. The molecule has 1 aromatic carbocycles. The second-order valence-electron chi connectivity index (χ2n) is 5.17. The summed E-state index contributed by atoms with van der Waals surface area (Å²) in [7, 11) is 0. The maximum Gasteiger partial charge on any atom is 0.236 e. The summed E-state index contributed by atoms with van der Waals surface area (Å²) in [5.74, 6) is 1.73. The highest BCUT2D eigenvalue weighted by Gasteiger charge is 2.14. The molecule has 0 radical (unpaired) electrons. The summed E-state index contributed by atoms with van der Waals surface area (Å²) < 4.78 is 10.6. The van der Waals surface area contributed by atoms with E-state index in [2.05, 4.69) is 19.2 Å². The van der Waals surface area contributed by atoms with Crippen LogP contribution in [0.25, 0.3) is 0 Å². The molecule has 116 valence electrons. The minimum absolute atomic E-state index is 0.166.